The number of amides is 1. The largest absolute Gasteiger partial charge is 0.397 e. The van der Waals surface area contributed by atoms with Crippen LogP contribution in [0.25, 0.3) is 0 Å². The molecular weight excluding hydrogens is 223 g/mol. The number of benzene rings is 1. The second-order valence-corrected chi connectivity index (χ2v) is 3.53. The maximum absolute atomic E-state index is 11.5. The molecule has 1 amide bonds. The van der Waals surface area contributed by atoms with Crippen molar-refractivity contribution in [2.75, 3.05) is 12.3 Å². The zero-order chi connectivity index (χ0) is 10.7. The van der Waals surface area contributed by atoms with Crippen LogP contribution >= 0.6 is 23.2 Å². The van der Waals surface area contributed by atoms with E-state index in [-0.39, 0.29) is 10.9 Å². The molecule has 1 aromatic rings. The molecule has 76 valence electrons. The Kier molecular flexibility index (Phi) is 3.61. The minimum atomic E-state index is -0.272. The molecule has 0 fully saturated rings. The van der Waals surface area contributed by atoms with E-state index in [0.717, 1.165) is 0 Å². The second-order valence-electron chi connectivity index (χ2n) is 2.72. The van der Waals surface area contributed by atoms with Crippen molar-refractivity contribution in [2.45, 2.75) is 6.92 Å². The van der Waals surface area contributed by atoms with E-state index in [4.69, 9.17) is 28.9 Å². The van der Waals surface area contributed by atoms with E-state index in [9.17, 15) is 4.79 Å². The Hall–Kier alpha value is -0.930. The molecule has 0 unspecified atom stereocenters. The quantitative estimate of drug-likeness (QED) is 0.770. The van der Waals surface area contributed by atoms with Gasteiger partial charge in [-0.05, 0) is 19.1 Å². The van der Waals surface area contributed by atoms with Gasteiger partial charge in [-0.15, -0.1) is 0 Å². The normalized spacial score (nSPS) is 9.93. The van der Waals surface area contributed by atoms with E-state index in [1.165, 1.54) is 12.1 Å². The van der Waals surface area contributed by atoms with Crippen LogP contribution in [0.5, 0.6) is 0 Å². The summed E-state index contributed by atoms with van der Waals surface area (Å²) in [6, 6.07) is 3.00. The average molecular weight is 233 g/mol. The number of rotatable bonds is 2. The van der Waals surface area contributed by atoms with Crippen molar-refractivity contribution in [1.82, 2.24) is 5.32 Å². The Morgan fingerprint density at radius 2 is 2.14 bits per heavy atom. The van der Waals surface area contributed by atoms with Crippen LogP contribution in [-0.4, -0.2) is 12.5 Å². The molecule has 0 radical (unpaired) electrons. The first kappa shape index (κ1) is 11.1. The van der Waals surface area contributed by atoms with Gasteiger partial charge in [0.15, 0.2) is 0 Å². The first-order chi connectivity index (χ1) is 6.56. The molecule has 14 heavy (non-hydrogen) atoms. The highest BCUT2D eigenvalue weighted by atomic mass is 35.5. The van der Waals surface area contributed by atoms with Gasteiger partial charge in [-0.2, -0.15) is 0 Å². The highest BCUT2D eigenvalue weighted by molar-refractivity contribution is 6.38. The minimum absolute atomic E-state index is 0.236. The van der Waals surface area contributed by atoms with Crippen molar-refractivity contribution in [1.29, 1.82) is 0 Å². The van der Waals surface area contributed by atoms with Crippen LogP contribution in [0.1, 0.15) is 17.3 Å². The van der Waals surface area contributed by atoms with Gasteiger partial charge in [0, 0.05) is 11.6 Å². The molecule has 0 saturated heterocycles. The highest BCUT2D eigenvalue weighted by Gasteiger charge is 2.12. The number of hydrogen-bond donors (Lipinski definition) is 2. The molecule has 0 aliphatic rings. The molecule has 3 nitrogen and oxygen atoms in total. The van der Waals surface area contributed by atoms with Gasteiger partial charge in [0.05, 0.1) is 16.3 Å². The number of hydrogen-bond acceptors (Lipinski definition) is 2. The van der Waals surface area contributed by atoms with E-state index in [1.807, 2.05) is 6.92 Å². The van der Waals surface area contributed by atoms with Crippen molar-refractivity contribution in [3.8, 4) is 0 Å². The number of carbonyl (C=O) groups is 1. The average Bonchev–Trinajstić information content (AvgIpc) is 2.11. The summed E-state index contributed by atoms with van der Waals surface area (Å²) in [7, 11) is 0. The lowest BCUT2D eigenvalue weighted by Gasteiger charge is -2.07. The summed E-state index contributed by atoms with van der Waals surface area (Å²) in [4.78, 5) is 11.5. The summed E-state index contributed by atoms with van der Waals surface area (Å²) in [5, 5.41) is 3.25. The molecule has 0 saturated carbocycles. The lowest BCUT2D eigenvalue weighted by Crippen LogP contribution is -2.23. The van der Waals surface area contributed by atoms with Crippen molar-refractivity contribution in [3.05, 3.63) is 27.7 Å². The molecule has 0 atom stereocenters. The number of nitrogens with two attached hydrogens (primary N) is 1. The zero-order valence-electron chi connectivity index (χ0n) is 7.60. The molecule has 0 aliphatic carbocycles. The van der Waals surface area contributed by atoms with Gasteiger partial charge in [0.25, 0.3) is 5.91 Å². The van der Waals surface area contributed by atoms with Crippen molar-refractivity contribution >= 4 is 34.8 Å². The highest BCUT2D eigenvalue weighted by Crippen LogP contribution is 2.27. The van der Waals surface area contributed by atoms with Gasteiger partial charge in [-0.1, -0.05) is 23.2 Å². The first-order valence-corrected chi connectivity index (χ1v) is 4.84. The molecule has 1 aromatic carbocycles. The van der Waals surface area contributed by atoms with Crippen LogP contribution < -0.4 is 11.1 Å². The summed E-state index contributed by atoms with van der Waals surface area (Å²) in [5.41, 5.74) is 6.17. The third-order valence-corrected chi connectivity index (χ3v) is 2.29. The maximum Gasteiger partial charge on any atom is 0.252 e. The molecule has 0 heterocycles. The number of carbonyl (C=O) groups excluding carboxylic acids is 1. The fourth-order valence-corrected chi connectivity index (χ4v) is 1.45. The summed E-state index contributed by atoms with van der Waals surface area (Å²) in [5.74, 6) is -0.272. The Labute approximate surface area is 92.2 Å². The lowest BCUT2D eigenvalue weighted by molar-refractivity contribution is 0.0956. The summed E-state index contributed by atoms with van der Waals surface area (Å²) in [6.07, 6.45) is 0. The fraction of sp³-hybridized carbons (Fsp3) is 0.222. The molecule has 1 rings (SSSR count). The van der Waals surface area contributed by atoms with E-state index in [1.54, 1.807) is 0 Å². The van der Waals surface area contributed by atoms with E-state index >= 15 is 0 Å². The minimum Gasteiger partial charge on any atom is -0.397 e. The molecule has 0 spiro atoms. The predicted octanol–water partition coefficient (Wildman–Crippen LogP) is 2.33. The molecule has 3 N–H and O–H groups in total. The van der Waals surface area contributed by atoms with Gasteiger partial charge in [-0.25, -0.2) is 0 Å². The maximum atomic E-state index is 11.5. The monoisotopic (exact) mass is 232 g/mol. The van der Waals surface area contributed by atoms with Crippen LogP contribution in [0.2, 0.25) is 10.0 Å². The molecule has 0 bridgehead atoms. The van der Waals surface area contributed by atoms with Crippen molar-refractivity contribution < 1.29 is 4.79 Å². The summed E-state index contributed by atoms with van der Waals surface area (Å²) in [6.45, 7) is 2.35. The SMILES string of the molecule is CCNC(=O)c1cc(Cl)cc(N)c1Cl. The number of halogens is 2. The van der Waals surface area contributed by atoms with Gasteiger partial charge in [0.2, 0.25) is 0 Å². The summed E-state index contributed by atoms with van der Waals surface area (Å²) >= 11 is 11.6. The van der Waals surface area contributed by atoms with E-state index in [0.29, 0.717) is 22.8 Å². The van der Waals surface area contributed by atoms with Crippen LogP contribution in [0.4, 0.5) is 5.69 Å². The third-order valence-electron chi connectivity index (χ3n) is 1.65. The van der Waals surface area contributed by atoms with E-state index in [2.05, 4.69) is 5.32 Å². The van der Waals surface area contributed by atoms with Gasteiger partial charge in [0.1, 0.15) is 0 Å². The van der Waals surface area contributed by atoms with Crippen LogP contribution in [0, 0.1) is 0 Å². The molecular formula is C9H10Cl2N2O. The Balaban J connectivity index is 3.13. The topological polar surface area (TPSA) is 55.1 Å². The smallest absolute Gasteiger partial charge is 0.252 e. The first-order valence-electron chi connectivity index (χ1n) is 4.09. The van der Waals surface area contributed by atoms with Crippen LogP contribution in [-0.2, 0) is 0 Å². The zero-order valence-corrected chi connectivity index (χ0v) is 9.12. The van der Waals surface area contributed by atoms with Crippen molar-refractivity contribution in [3.63, 3.8) is 0 Å². The number of anilines is 1. The second kappa shape index (κ2) is 4.53. The number of nitrogens with one attached hydrogen (secondary N) is 1. The molecule has 5 heteroatoms. The van der Waals surface area contributed by atoms with Gasteiger partial charge >= 0.3 is 0 Å². The molecule has 0 aliphatic heterocycles. The van der Waals surface area contributed by atoms with Crippen LogP contribution in [0.15, 0.2) is 12.1 Å². The Morgan fingerprint density at radius 3 is 2.71 bits per heavy atom. The van der Waals surface area contributed by atoms with Crippen molar-refractivity contribution in [2.24, 2.45) is 0 Å². The Bertz CT molecular complexity index is 366. The standard InChI is InChI=1S/C9H10Cl2N2O/c1-2-13-9(14)6-3-5(10)4-7(12)8(6)11/h3-4H,2,12H2,1H3,(H,13,14). The fourth-order valence-electron chi connectivity index (χ4n) is 1.03. The molecule has 0 aromatic heterocycles. The van der Waals surface area contributed by atoms with Gasteiger partial charge in [-0.3, -0.25) is 4.79 Å². The summed E-state index contributed by atoms with van der Waals surface area (Å²) < 4.78 is 0. The number of nitrogen functional groups attached to an aromatic ring is 1. The predicted molar refractivity (Wildman–Crippen MR) is 58.9 cm³/mol. The van der Waals surface area contributed by atoms with E-state index < -0.39 is 0 Å². The Morgan fingerprint density at radius 1 is 1.50 bits per heavy atom. The third kappa shape index (κ3) is 2.30. The van der Waals surface area contributed by atoms with Gasteiger partial charge < -0.3 is 11.1 Å². The van der Waals surface area contributed by atoms with Crippen LogP contribution in [0.3, 0.4) is 0 Å². The lowest BCUT2D eigenvalue weighted by atomic mass is 10.2.